The molecule has 1 saturated heterocycles. The molecular formula is C18H21N7O3S. The van der Waals surface area contributed by atoms with Gasteiger partial charge >= 0.3 is 0 Å². The third kappa shape index (κ3) is 4.51. The van der Waals surface area contributed by atoms with E-state index in [2.05, 4.69) is 20.2 Å². The molecule has 0 bridgehead atoms. The fourth-order valence-corrected chi connectivity index (χ4v) is 4.31. The molecule has 1 aliphatic rings. The summed E-state index contributed by atoms with van der Waals surface area (Å²) in [6.45, 7) is 2.10. The summed E-state index contributed by atoms with van der Waals surface area (Å²) in [4.78, 5) is 22.5. The number of hydrogen-bond acceptors (Lipinski definition) is 8. The number of nitrogen functional groups attached to an aromatic ring is 1. The van der Waals surface area contributed by atoms with Crippen molar-refractivity contribution in [1.82, 2.24) is 24.5 Å². The Hall–Kier alpha value is -3.07. The largest absolute Gasteiger partial charge is 0.382 e. The molecule has 1 amide bonds. The maximum Gasteiger partial charge on any atom is 0.274 e. The van der Waals surface area contributed by atoms with Crippen LogP contribution in [0.3, 0.4) is 0 Å². The number of nitrogens with zero attached hydrogens (tertiary/aromatic N) is 5. The average molecular weight is 415 g/mol. The van der Waals surface area contributed by atoms with E-state index in [1.165, 1.54) is 22.6 Å². The molecular weight excluding hydrogens is 394 g/mol. The molecule has 0 saturated carbocycles. The summed E-state index contributed by atoms with van der Waals surface area (Å²) < 4.78 is 27.1. The Bertz CT molecular complexity index is 1040. The SMILES string of the molecule is CN1CCN(S(=O)(=O)c2ccc(-c3cnc(N)c(C(=O)NCC#N)n3)cc2)CC1. The summed E-state index contributed by atoms with van der Waals surface area (Å²) >= 11 is 0. The standard InChI is InChI=1S/C18H21N7O3S/c1-24-8-10-25(11-9-24)29(27,28)14-4-2-13(3-5-14)15-12-22-17(20)16(23-15)18(26)21-7-6-19/h2-5,12H,7-11H2,1H3,(H2,20,22)(H,21,26). The summed E-state index contributed by atoms with van der Waals surface area (Å²) in [7, 11) is -1.61. The second kappa shape index (κ2) is 8.52. The van der Waals surface area contributed by atoms with Crippen molar-refractivity contribution in [3.05, 3.63) is 36.2 Å². The second-order valence-corrected chi connectivity index (χ2v) is 8.50. The van der Waals surface area contributed by atoms with Crippen molar-refractivity contribution in [2.24, 2.45) is 0 Å². The third-order valence-electron chi connectivity index (χ3n) is 4.59. The van der Waals surface area contributed by atoms with Gasteiger partial charge in [-0.3, -0.25) is 4.79 Å². The molecule has 0 unspecified atom stereocenters. The van der Waals surface area contributed by atoms with Crippen molar-refractivity contribution in [3.8, 4) is 17.3 Å². The summed E-state index contributed by atoms with van der Waals surface area (Å²) in [6, 6.07) is 8.04. The number of hydrogen-bond donors (Lipinski definition) is 2. The molecule has 3 N–H and O–H groups in total. The fraction of sp³-hybridized carbons (Fsp3) is 0.333. The molecule has 2 heterocycles. The predicted molar refractivity (Wildman–Crippen MR) is 106 cm³/mol. The number of sulfonamides is 1. The lowest BCUT2D eigenvalue weighted by Crippen LogP contribution is -2.46. The summed E-state index contributed by atoms with van der Waals surface area (Å²) in [6.07, 6.45) is 1.40. The van der Waals surface area contributed by atoms with Crippen molar-refractivity contribution in [1.29, 1.82) is 5.26 Å². The van der Waals surface area contributed by atoms with E-state index in [0.29, 0.717) is 37.4 Å². The first kappa shape index (κ1) is 20.7. The van der Waals surface area contributed by atoms with Crippen molar-refractivity contribution >= 4 is 21.7 Å². The van der Waals surface area contributed by atoms with E-state index in [9.17, 15) is 13.2 Å². The van der Waals surface area contributed by atoms with Crippen molar-refractivity contribution in [2.75, 3.05) is 45.5 Å². The Morgan fingerprint density at radius 3 is 2.52 bits per heavy atom. The van der Waals surface area contributed by atoms with Crippen LogP contribution in [0.15, 0.2) is 35.4 Å². The van der Waals surface area contributed by atoms with Gasteiger partial charge < -0.3 is 16.0 Å². The number of nitrogens with two attached hydrogens (primary N) is 1. The van der Waals surface area contributed by atoms with Crippen molar-refractivity contribution < 1.29 is 13.2 Å². The van der Waals surface area contributed by atoms with Gasteiger partial charge in [-0.15, -0.1) is 0 Å². The van der Waals surface area contributed by atoms with Gasteiger partial charge in [0.2, 0.25) is 10.0 Å². The van der Waals surface area contributed by atoms with E-state index in [-0.39, 0.29) is 23.0 Å². The van der Waals surface area contributed by atoms with Crippen LogP contribution in [0.25, 0.3) is 11.3 Å². The van der Waals surface area contributed by atoms with Crippen molar-refractivity contribution in [3.63, 3.8) is 0 Å². The highest BCUT2D eigenvalue weighted by atomic mass is 32.2. The number of nitrogens with one attached hydrogen (secondary N) is 1. The molecule has 11 heteroatoms. The molecule has 1 aromatic heterocycles. The fourth-order valence-electron chi connectivity index (χ4n) is 2.88. The number of nitriles is 1. The lowest BCUT2D eigenvalue weighted by atomic mass is 10.1. The molecule has 1 fully saturated rings. The maximum atomic E-state index is 12.8. The van der Waals surface area contributed by atoms with Crippen LogP contribution in [-0.2, 0) is 10.0 Å². The average Bonchev–Trinajstić information content (AvgIpc) is 2.73. The van der Waals surface area contributed by atoms with Crippen molar-refractivity contribution in [2.45, 2.75) is 4.90 Å². The minimum atomic E-state index is -3.57. The Morgan fingerprint density at radius 2 is 1.90 bits per heavy atom. The van der Waals surface area contributed by atoms with E-state index in [1.807, 2.05) is 7.05 Å². The zero-order chi connectivity index (χ0) is 21.0. The molecule has 0 aliphatic carbocycles. The Balaban J connectivity index is 1.83. The molecule has 2 aromatic rings. The molecule has 0 atom stereocenters. The quantitative estimate of drug-likeness (QED) is 0.645. The number of rotatable bonds is 5. The predicted octanol–water partition coefficient (Wildman–Crippen LogP) is -0.0847. The van der Waals surface area contributed by atoms with Gasteiger partial charge in [0.25, 0.3) is 5.91 Å². The zero-order valence-corrected chi connectivity index (χ0v) is 16.7. The van der Waals surface area contributed by atoms with Gasteiger partial charge in [-0.1, -0.05) is 12.1 Å². The smallest absolute Gasteiger partial charge is 0.274 e. The molecule has 10 nitrogen and oxygen atoms in total. The number of piperazine rings is 1. The number of carbonyl (C=O) groups excluding carboxylic acids is 1. The maximum absolute atomic E-state index is 12.8. The lowest BCUT2D eigenvalue weighted by molar-refractivity contribution is 0.0954. The number of amides is 1. The number of aromatic nitrogens is 2. The first-order valence-corrected chi connectivity index (χ1v) is 10.3. The Labute approximate surface area is 169 Å². The van der Waals surface area contributed by atoms with Crippen LogP contribution in [0, 0.1) is 11.3 Å². The normalized spacial score (nSPS) is 15.6. The Kier molecular flexibility index (Phi) is 6.07. The van der Waals surface area contributed by atoms with Crippen LogP contribution < -0.4 is 11.1 Å². The molecule has 0 spiro atoms. The van der Waals surface area contributed by atoms with E-state index in [1.54, 1.807) is 18.2 Å². The number of carbonyl (C=O) groups is 1. The molecule has 152 valence electrons. The minimum Gasteiger partial charge on any atom is -0.382 e. The minimum absolute atomic E-state index is 0.0570. The first-order chi connectivity index (χ1) is 13.8. The third-order valence-corrected chi connectivity index (χ3v) is 6.51. The van der Waals surface area contributed by atoms with Gasteiger partial charge in [-0.05, 0) is 19.2 Å². The van der Waals surface area contributed by atoms with E-state index in [0.717, 1.165) is 0 Å². The van der Waals surface area contributed by atoms with Gasteiger partial charge in [0.05, 0.1) is 22.9 Å². The van der Waals surface area contributed by atoms with Crippen LogP contribution in [0.5, 0.6) is 0 Å². The first-order valence-electron chi connectivity index (χ1n) is 8.89. The van der Waals surface area contributed by atoms with Gasteiger partial charge in [-0.25, -0.2) is 18.4 Å². The molecule has 29 heavy (non-hydrogen) atoms. The monoisotopic (exact) mass is 415 g/mol. The Morgan fingerprint density at radius 1 is 1.24 bits per heavy atom. The van der Waals surface area contributed by atoms with Crippen LogP contribution in [0.1, 0.15) is 10.5 Å². The molecule has 1 aromatic carbocycles. The van der Waals surface area contributed by atoms with Gasteiger partial charge in [0, 0.05) is 31.7 Å². The number of likely N-dealkylation sites (N-methyl/N-ethyl adjacent to an activating group) is 1. The van der Waals surface area contributed by atoms with E-state index in [4.69, 9.17) is 11.0 Å². The van der Waals surface area contributed by atoms with Crippen LogP contribution in [-0.4, -0.2) is 73.3 Å². The van der Waals surface area contributed by atoms with Crippen LogP contribution >= 0.6 is 0 Å². The summed E-state index contributed by atoms with van der Waals surface area (Å²) in [5.74, 6) is -0.661. The summed E-state index contributed by atoms with van der Waals surface area (Å²) in [5, 5.41) is 10.9. The molecule has 3 rings (SSSR count). The second-order valence-electron chi connectivity index (χ2n) is 6.56. The van der Waals surface area contributed by atoms with Gasteiger partial charge in [-0.2, -0.15) is 9.57 Å². The topological polar surface area (TPSA) is 145 Å². The highest BCUT2D eigenvalue weighted by Crippen LogP contribution is 2.23. The highest BCUT2D eigenvalue weighted by molar-refractivity contribution is 7.89. The zero-order valence-electron chi connectivity index (χ0n) is 15.9. The van der Waals surface area contributed by atoms with Gasteiger partial charge in [0.1, 0.15) is 6.54 Å². The number of benzene rings is 1. The van der Waals surface area contributed by atoms with Gasteiger partial charge in [0.15, 0.2) is 11.5 Å². The molecule has 1 aliphatic heterocycles. The van der Waals surface area contributed by atoms with Crippen LogP contribution in [0.2, 0.25) is 0 Å². The summed E-state index contributed by atoms with van der Waals surface area (Å²) in [5.41, 5.74) is 6.57. The van der Waals surface area contributed by atoms with Crippen LogP contribution in [0.4, 0.5) is 5.82 Å². The van der Waals surface area contributed by atoms with E-state index >= 15 is 0 Å². The molecule has 0 radical (unpaired) electrons. The highest BCUT2D eigenvalue weighted by Gasteiger charge is 2.27. The number of anilines is 1. The van der Waals surface area contributed by atoms with E-state index < -0.39 is 15.9 Å². The lowest BCUT2D eigenvalue weighted by Gasteiger charge is -2.31.